The van der Waals surface area contributed by atoms with Gasteiger partial charge in [0.05, 0.1) is 4.92 Å². The number of esters is 1. The fourth-order valence-electron chi connectivity index (χ4n) is 1.70. The van der Waals surface area contributed by atoms with E-state index >= 15 is 0 Å². The third kappa shape index (κ3) is 4.04. The number of nitrogens with zero attached hydrogens (tertiary/aromatic N) is 1. The Hall–Kier alpha value is -2.89. The molecule has 0 fully saturated rings. The minimum absolute atomic E-state index is 0.0216. The van der Waals surface area contributed by atoms with Crippen LogP contribution in [0.15, 0.2) is 48.5 Å². The summed E-state index contributed by atoms with van der Waals surface area (Å²) in [6.07, 6.45) is 0. The molecular weight excluding hydrogens is 274 g/mol. The third-order valence-electron chi connectivity index (χ3n) is 2.69. The van der Waals surface area contributed by atoms with Crippen molar-refractivity contribution in [1.29, 1.82) is 0 Å². The van der Waals surface area contributed by atoms with E-state index in [0.717, 1.165) is 0 Å². The summed E-state index contributed by atoms with van der Waals surface area (Å²) in [4.78, 5) is 21.8. The number of hydrogen-bond acceptors (Lipinski definition) is 5. The van der Waals surface area contributed by atoms with Crippen LogP contribution in [0.1, 0.15) is 5.56 Å². The molecule has 6 nitrogen and oxygen atoms in total. The lowest BCUT2D eigenvalue weighted by Gasteiger charge is -2.08. The van der Waals surface area contributed by atoms with Gasteiger partial charge in [0, 0.05) is 12.1 Å². The van der Waals surface area contributed by atoms with Gasteiger partial charge >= 0.3 is 5.97 Å². The molecule has 0 unspecified atom stereocenters. The van der Waals surface area contributed by atoms with Crippen LogP contribution in [0.2, 0.25) is 0 Å². The Morgan fingerprint density at radius 2 is 1.90 bits per heavy atom. The number of aryl methyl sites for hydroxylation is 1. The standard InChI is InChI=1S/C15H13NO5/c1-11-9-12(16(18)19)7-8-14(11)20-10-15(17)21-13-5-3-2-4-6-13/h2-9H,10H2,1H3. The maximum absolute atomic E-state index is 11.6. The van der Waals surface area contributed by atoms with Crippen molar-refractivity contribution >= 4 is 11.7 Å². The Morgan fingerprint density at radius 3 is 2.52 bits per heavy atom. The number of non-ortho nitro benzene ring substituents is 1. The van der Waals surface area contributed by atoms with Crippen LogP contribution in [0.5, 0.6) is 11.5 Å². The highest BCUT2D eigenvalue weighted by atomic mass is 16.6. The smallest absolute Gasteiger partial charge is 0.349 e. The summed E-state index contributed by atoms with van der Waals surface area (Å²) in [5.41, 5.74) is 0.559. The summed E-state index contributed by atoms with van der Waals surface area (Å²) in [7, 11) is 0. The van der Waals surface area contributed by atoms with Crippen LogP contribution >= 0.6 is 0 Å². The van der Waals surface area contributed by atoms with Crippen molar-refractivity contribution in [3.05, 3.63) is 64.2 Å². The first-order valence-electron chi connectivity index (χ1n) is 6.20. The Labute approximate surface area is 121 Å². The van der Waals surface area contributed by atoms with Gasteiger partial charge in [0.25, 0.3) is 5.69 Å². The summed E-state index contributed by atoms with van der Waals surface area (Å²) in [5, 5.41) is 10.6. The van der Waals surface area contributed by atoms with E-state index in [1.165, 1.54) is 18.2 Å². The molecule has 21 heavy (non-hydrogen) atoms. The van der Waals surface area contributed by atoms with Gasteiger partial charge in [-0.3, -0.25) is 10.1 Å². The molecule has 0 spiro atoms. The molecule has 0 radical (unpaired) electrons. The maximum Gasteiger partial charge on any atom is 0.349 e. The van der Waals surface area contributed by atoms with Gasteiger partial charge in [-0.25, -0.2) is 4.79 Å². The number of hydrogen-bond donors (Lipinski definition) is 0. The molecule has 0 aromatic heterocycles. The monoisotopic (exact) mass is 287 g/mol. The summed E-state index contributed by atoms with van der Waals surface area (Å²) in [6, 6.07) is 12.8. The molecule has 0 saturated carbocycles. The van der Waals surface area contributed by atoms with E-state index in [1.54, 1.807) is 31.2 Å². The fourth-order valence-corrected chi connectivity index (χ4v) is 1.70. The summed E-state index contributed by atoms with van der Waals surface area (Å²) in [5.74, 6) is 0.302. The normalized spacial score (nSPS) is 9.95. The molecule has 2 rings (SSSR count). The van der Waals surface area contributed by atoms with E-state index < -0.39 is 10.9 Å². The first kappa shape index (κ1) is 14.5. The largest absolute Gasteiger partial charge is 0.482 e. The van der Waals surface area contributed by atoms with Crippen LogP contribution in [-0.2, 0) is 4.79 Å². The SMILES string of the molecule is Cc1cc([N+](=O)[O-])ccc1OCC(=O)Oc1ccccc1. The number of benzene rings is 2. The van der Waals surface area contributed by atoms with E-state index in [2.05, 4.69) is 0 Å². The lowest BCUT2D eigenvalue weighted by atomic mass is 10.2. The lowest BCUT2D eigenvalue weighted by molar-refractivity contribution is -0.384. The zero-order valence-corrected chi connectivity index (χ0v) is 11.3. The van der Waals surface area contributed by atoms with Crippen molar-refractivity contribution in [1.82, 2.24) is 0 Å². The van der Waals surface area contributed by atoms with Crippen LogP contribution in [0.3, 0.4) is 0 Å². The second-order valence-corrected chi connectivity index (χ2v) is 4.28. The molecule has 108 valence electrons. The fraction of sp³-hybridized carbons (Fsp3) is 0.133. The van der Waals surface area contributed by atoms with Gasteiger partial charge < -0.3 is 9.47 Å². The highest BCUT2D eigenvalue weighted by Crippen LogP contribution is 2.23. The van der Waals surface area contributed by atoms with Crippen molar-refractivity contribution < 1.29 is 19.2 Å². The molecule has 0 aliphatic rings. The Bertz CT molecular complexity index is 654. The molecule has 0 atom stereocenters. The zero-order chi connectivity index (χ0) is 15.2. The van der Waals surface area contributed by atoms with Crippen LogP contribution in [0.4, 0.5) is 5.69 Å². The average Bonchev–Trinajstić information content (AvgIpc) is 2.47. The highest BCUT2D eigenvalue weighted by molar-refractivity contribution is 5.74. The van der Waals surface area contributed by atoms with Gasteiger partial charge in [-0.2, -0.15) is 0 Å². The predicted molar refractivity (Wildman–Crippen MR) is 75.4 cm³/mol. The third-order valence-corrected chi connectivity index (χ3v) is 2.69. The van der Waals surface area contributed by atoms with Crippen molar-refractivity contribution in [3.63, 3.8) is 0 Å². The van der Waals surface area contributed by atoms with E-state index in [0.29, 0.717) is 17.1 Å². The minimum Gasteiger partial charge on any atom is -0.482 e. The average molecular weight is 287 g/mol. The number of carbonyl (C=O) groups is 1. The highest BCUT2D eigenvalue weighted by Gasteiger charge is 2.11. The van der Waals surface area contributed by atoms with Gasteiger partial charge in [-0.05, 0) is 30.7 Å². The molecule has 0 N–H and O–H groups in total. The first-order chi connectivity index (χ1) is 10.1. The van der Waals surface area contributed by atoms with E-state index in [4.69, 9.17) is 9.47 Å². The quantitative estimate of drug-likeness (QED) is 0.365. The van der Waals surface area contributed by atoms with E-state index in [1.807, 2.05) is 6.07 Å². The van der Waals surface area contributed by atoms with E-state index in [9.17, 15) is 14.9 Å². The minimum atomic E-state index is -0.543. The zero-order valence-electron chi connectivity index (χ0n) is 11.3. The summed E-state index contributed by atoms with van der Waals surface area (Å²) >= 11 is 0. The van der Waals surface area contributed by atoms with Crippen LogP contribution in [0, 0.1) is 17.0 Å². The number of ether oxygens (including phenoxy) is 2. The Morgan fingerprint density at radius 1 is 1.19 bits per heavy atom. The summed E-state index contributed by atoms with van der Waals surface area (Å²) < 4.78 is 10.4. The van der Waals surface area contributed by atoms with Crippen molar-refractivity contribution in [3.8, 4) is 11.5 Å². The predicted octanol–water partition coefficient (Wildman–Crippen LogP) is 2.89. The maximum atomic E-state index is 11.6. The topological polar surface area (TPSA) is 78.7 Å². The Kier molecular flexibility index (Phi) is 4.50. The molecule has 0 amide bonds. The van der Waals surface area contributed by atoms with Gasteiger partial charge in [-0.1, -0.05) is 18.2 Å². The van der Waals surface area contributed by atoms with Crippen molar-refractivity contribution in [2.75, 3.05) is 6.61 Å². The number of carbonyl (C=O) groups excluding carboxylic acids is 1. The van der Waals surface area contributed by atoms with Gasteiger partial charge in [0.1, 0.15) is 11.5 Å². The van der Waals surface area contributed by atoms with Crippen molar-refractivity contribution in [2.24, 2.45) is 0 Å². The lowest BCUT2D eigenvalue weighted by Crippen LogP contribution is -2.17. The molecule has 0 aliphatic heterocycles. The van der Waals surface area contributed by atoms with Gasteiger partial charge in [0.2, 0.25) is 0 Å². The molecule has 0 saturated heterocycles. The van der Waals surface area contributed by atoms with Gasteiger partial charge in [0.15, 0.2) is 6.61 Å². The number of nitro groups is 1. The number of para-hydroxylation sites is 1. The van der Waals surface area contributed by atoms with Crippen molar-refractivity contribution in [2.45, 2.75) is 6.92 Å². The summed E-state index contributed by atoms with van der Waals surface area (Å²) in [6.45, 7) is 1.40. The molecule has 6 heteroatoms. The molecule has 0 heterocycles. The second kappa shape index (κ2) is 6.51. The molecule has 2 aromatic rings. The van der Waals surface area contributed by atoms with Crippen LogP contribution in [-0.4, -0.2) is 17.5 Å². The van der Waals surface area contributed by atoms with E-state index in [-0.39, 0.29) is 12.3 Å². The van der Waals surface area contributed by atoms with Crippen LogP contribution in [0.25, 0.3) is 0 Å². The molecule has 0 aliphatic carbocycles. The second-order valence-electron chi connectivity index (χ2n) is 4.28. The van der Waals surface area contributed by atoms with Crippen LogP contribution < -0.4 is 9.47 Å². The Balaban J connectivity index is 1.94. The number of rotatable bonds is 5. The molecule has 2 aromatic carbocycles. The molecular formula is C15H13NO5. The number of nitro benzene ring substituents is 1. The van der Waals surface area contributed by atoms with Gasteiger partial charge in [-0.15, -0.1) is 0 Å². The first-order valence-corrected chi connectivity index (χ1v) is 6.20. The molecule has 0 bridgehead atoms.